The number of hydrogen-bond acceptors (Lipinski definition) is 1. The molecule has 1 N–H and O–H groups in total. The molecule has 2 aliphatic rings. The van der Waals surface area contributed by atoms with Gasteiger partial charge in [0.1, 0.15) is 0 Å². The molecule has 0 radical (unpaired) electrons. The van der Waals surface area contributed by atoms with Crippen molar-refractivity contribution < 1.29 is 0 Å². The van der Waals surface area contributed by atoms with E-state index in [9.17, 15) is 0 Å². The molecule has 3 heteroatoms. The number of rotatable bonds is 7. The van der Waals surface area contributed by atoms with Crippen LogP contribution in [0, 0.1) is 17.8 Å². The first kappa shape index (κ1) is 14.7. The van der Waals surface area contributed by atoms with Crippen LogP contribution in [0.4, 0.5) is 0 Å². The summed E-state index contributed by atoms with van der Waals surface area (Å²) in [6.07, 6.45) is 6.89. The first-order chi connectivity index (χ1) is 9.69. The van der Waals surface area contributed by atoms with E-state index in [1.165, 1.54) is 31.2 Å². The van der Waals surface area contributed by atoms with E-state index in [1.807, 2.05) is 12.1 Å². The van der Waals surface area contributed by atoms with E-state index in [0.717, 1.165) is 30.7 Å². The largest absolute Gasteiger partial charge is 0.310 e. The number of halogens is 2. The van der Waals surface area contributed by atoms with Crippen molar-refractivity contribution in [2.75, 3.05) is 6.54 Å². The van der Waals surface area contributed by atoms with Crippen LogP contribution in [-0.4, -0.2) is 6.54 Å². The lowest BCUT2D eigenvalue weighted by atomic mass is 9.96. The summed E-state index contributed by atoms with van der Waals surface area (Å²) in [5.41, 5.74) is 1.26. The van der Waals surface area contributed by atoms with Crippen molar-refractivity contribution in [2.24, 2.45) is 17.8 Å². The van der Waals surface area contributed by atoms with Crippen LogP contribution in [-0.2, 0) is 0 Å². The van der Waals surface area contributed by atoms with Gasteiger partial charge in [-0.05, 0) is 74.1 Å². The van der Waals surface area contributed by atoms with Gasteiger partial charge >= 0.3 is 0 Å². The molecular formula is C17H23Cl2N. The molecule has 20 heavy (non-hydrogen) atoms. The molecule has 1 nitrogen and oxygen atoms in total. The Bertz CT molecular complexity index is 454. The zero-order valence-electron chi connectivity index (χ0n) is 12.0. The van der Waals surface area contributed by atoms with Gasteiger partial charge in [-0.3, -0.25) is 0 Å². The predicted molar refractivity (Wildman–Crippen MR) is 86.4 cm³/mol. The molecule has 2 fully saturated rings. The van der Waals surface area contributed by atoms with Crippen LogP contribution in [0.25, 0.3) is 0 Å². The lowest BCUT2D eigenvalue weighted by Gasteiger charge is -2.23. The van der Waals surface area contributed by atoms with Crippen LogP contribution >= 0.6 is 23.2 Å². The summed E-state index contributed by atoms with van der Waals surface area (Å²) < 4.78 is 0. The maximum Gasteiger partial charge on any atom is 0.0595 e. The van der Waals surface area contributed by atoms with Crippen molar-refractivity contribution in [3.8, 4) is 0 Å². The van der Waals surface area contributed by atoms with Crippen molar-refractivity contribution in [3.63, 3.8) is 0 Å². The highest BCUT2D eigenvalue weighted by molar-refractivity contribution is 6.42. The molecule has 0 bridgehead atoms. The second kappa shape index (κ2) is 6.25. The smallest absolute Gasteiger partial charge is 0.0595 e. The van der Waals surface area contributed by atoms with E-state index in [4.69, 9.17) is 23.2 Å². The summed E-state index contributed by atoms with van der Waals surface area (Å²) in [6, 6.07) is 6.40. The van der Waals surface area contributed by atoms with Crippen LogP contribution in [0.3, 0.4) is 0 Å². The Morgan fingerprint density at radius 3 is 2.25 bits per heavy atom. The zero-order valence-corrected chi connectivity index (χ0v) is 13.6. The summed E-state index contributed by atoms with van der Waals surface area (Å²) in [6.45, 7) is 3.39. The Morgan fingerprint density at radius 2 is 1.75 bits per heavy atom. The fourth-order valence-corrected chi connectivity index (χ4v) is 3.58. The lowest BCUT2D eigenvalue weighted by molar-refractivity contribution is 0.353. The molecule has 0 spiro atoms. The fourth-order valence-electron chi connectivity index (χ4n) is 3.27. The molecule has 0 aliphatic heterocycles. The van der Waals surface area contributed by atoms with Crippen LogP contribution in [0.5, 0.6) is 0 Å². The van der Waals surface area contributed by atoms with Gasteiger partial charge < -0.3 is 5.32 Å². The fraction of sp³-hybridized carbons (Fsp3) is 0.647. The molecule has 2 aliphatic carbocycles. The Hall–Kier alpha value is -0.240. The molecule has 1 atom stereocenters. The van der Waals surface area contributed by atoms with Crippen molar-refractivity contribution >= 4 is 23.2 Å². The van der Waals surface area contributed by atoms with Crippen LogP contribution in [0.1, 0.15) is 50.6 Å². The van der Waals surface area contributed by atoms with E-state index >= 15 is 0 Å². The molecule has 3 rings (SSSR count). The minimum Gasteiger partial charge on any atom is -0.310 e. The van der Waals surface area contributed by atoms with E-state index in [2.05, 4.69) is 18.3 Å². The Labute approximate surface area is 132 Å². The SMILES string of the molecule is CCC(NCC(C1CC1)C1CC1)c1ccc(Cl)c(Cl)c1. The van der Waals surface area contributed by atoms with Crippen LogP contribution < -0.4 is 5.32 Å². The second-order valence-electron chi connectivity index (χ2n) is 6.38. The van der Waals surface area contributed by atoms with Crippen molar-refractivity contribution in [3.05, 3.63) is 33.8 Å². The molecule has 1 aromatic rings. The highest BCUT2D eigenvalue weighted by Gasteiger charge is 2.41. The molecule has 110 valence electrons. The van der Waals surface area contributed by atoms with E-state index in [0.29, 0.717) is 16.1 Å². The summed E-state index contributed by atoms with van der Waals surface area (Å²) in [5.74, 6) is 2.91. The lowest BCUT2D eigenvalue weighted by Crippen LogP contribution is -2.29. The number of nitrogens with one attached hydrogen (secondary N) is 1. The van der Waals surface area contributed by atoms with Crippen molar-refractivity contribution in [1.29, 1.82) is 0 Å². The van der Waals surface area contributed by atoms with Gasteiger partial charge in [-0.25, -0.2) is 0 Å². The first-order valence-electron chi connectivity index (χ1n) is 7.87. The maximum absolute atomic E-state index is 6.14. The van der Waals surface area contributed by atoms with Crippen molar-refractivity contribution in [1.82, 2.24) is 5.32 Å². The monoisotopic (exact) mass is 311 g/mol. The minimum atomic E-state index is 0.393. The minimum absolute atomic E-state index is 0.393. The predicted octanol–water partition coefficient (Wildman–Crippen LogP) is 5.47. The maximum atomic E-state index is 6.14. The molecule has 0 amide bonds. The quantitative estimate of drug-likeness (QED) is 0.704. The standard InChI is InChI=1S/C17H23Cl2N/c1-2-17(13-7-8-15(18)16(19)9-13)20-10-14(11-3-4-11)12-5-6-12/h7-9,11-12,14,17,20H,2-6,10H2,1H3. The zero-order chi connectivity index (χ0) is 14.1. The average Bonchev–Trinajstić information content (AvgIpc) is 3.31. The van der Waals surface area contributed by atoms with Gasteiger partial charge in [0.25, 0.3) is 0 Å². The van der Waals surface area contributed by atoms with E-state index < -0.39 is 0 Å². The van der Waals surface area contributed by atoms with Crippen molar-refractivity contribution in [2.45, 2.75) is 45.1 Å². The number of hydrogen-bond donors (Lipinski definition) is 1. The topological polar surface area (TPSA) is 12.0 Å². The highest BCUT2D eigenvalue weighted by atomic mass is 35.5. The Balaban J connectivity index is 1.62. The summed E-state index contributed by atoms with van der Waals surface area (Å²) in [7, 11) is 0. The molecule has 2 saturated carbocycles. The normalized spacial score (nSPS) is 20.4. The van der Waals surface area contributed by atoms with Gasteiger partial charge in [0, 0.05) is 6.04 Å². The van der Waals surface area contributed by atoms with Gasteiger partial charge in [0.2, 0.25) is 0 Å². The molecule has 1 aromatic carbocycles. The third kappa shape index (κ3) is 3.50. The van der Waals surface area contributed by atoms with E-state index in [1.54, 1.807) is 0 Å². The first-order valence-corrected chi connectivity index (χ1v) is 8.63. The molecule has 0 saturated heterocycles. The second-order valence-corrected chi connectivity index (χ2v) is 7.20. The molecule has 0 aromatic heterocycles. The van der Waals surface area contributed by atoms with E-state index in [-0.39, 0.29) is 0 Å². The van der Waals surface area contributed by atoms with Gasteiger partial charge in [0.15, 0.2) is 0 Å². The third-order valence-corrected chi connectivity index (χ3v) is 5.55. The van der Waals surface area contributed by atoms with Crippen LogP contribution in [0.2, 0.25) is 10.0 Å². The van der Waals surface area contributed by atoms with Crippen LogP contribution in [0.15, 0.2) is 18.2 Å². The summed E-state index contributed by atoms with van der Waals surface area (Å²) in [5, 5.41) is 5.07. The van der Waals surface area contributed by atoms with Gasteiger partial charge in [-0.2, -0.15) is 0 Å². The molecular weight excluding hydrogens is 289 g/mol. The van der Waals surface area contributed by atoms with Gasteiger partial charge in [-0.15, -0.1) is 0 Å². The third-order valence-electron chi connectivity index (χ3n) is 4.81. The Kier molecular flexibility index (Phi) is 4.59. The summed E-state index contributed by atoms with van der Waals surface area (Å²) >= 11 is 12.1. The molecule has 1 unspecified atom stereocenters. The number of benzene rings is 1. The molecule has 0 heterocycles. The van der Waals surface area contributed by atoms with Gasteiger partial charge in [-0.1, -0.05) is 36.2 Å². The van der Waals surface area contributed by atoms with Gasteiger partial charge in [0.05, 0.1) is 10.0 Å². The summed E-state index contributed by atoms with van der Waals surface area (Å²) in [4.78, 5) is 0. The Morgan fingerprint density at radius 1 is 1.10 bits per heavy atom. The average molecular weight is 312 g/mol. The highest BCUT2D eigenvalue weighted by Crippen LogP contribution is 2.49.